The molecule has 2 aromatic carbocycles. The van der Waals surface area contributed by atoms with Gasteiger partial charge in [0, 0.05) is 4.90 Å². The van der Waals surface area contributed by atoms with Crippen molar-refractivity contribution >= 4 is 29.3 Å². The molecule has 0 bridgehead atoms. The van der Waals surface area contributed by atoms with Gasteiger partial charge in [-0.1, -0.05) is 36.8 Å². The van der Waals surface area contributed by atoms with Crippen molar-refractivity contribution in [3.05, 3.63) is 59.7 Å². The van der Waals surface area contributed by atoms with Crippen molar-refractivity contribution in [3.8, 4) is 0 Å². The summed E-state index contributed by atoms with van der Waals surface area (Å²) in [6, 6.07) is 14.8. The Bertz CT molecular complexity index is 698. The third-order valence-electron chi connectivity index (χ3n) is 3.41. The number of hydrogen-bond acceptors (Lipinski definition) is 3. The van der Waals surface area contributed by atoms with Crippen LogP contribution >= 0.6 is 11.8 Å². The zero-order valence-corrected chi connectivity index (χ0v) is 14.0. The lowest BCUT2D eigenvalue weighted by atomic mass is 10.1. The van der Waals surface area contributed by atoms with Gasteiger partial charge in [0.15, 0.2) is 0 Å². The standard InChI is InChI=1S/C18H20N2O2S/c1-3-16(23-13-10-8-12(2)9-11-13)18(22)20-15-7-5-4-6-14(15)17(19)21/h4-11,16H,3H2,1-2H3,(H2,19,21)(H,20,22). The third kappa shape index (κ3) is 4.60. The minimum absolute atomic E-state index is 0.133. The molecule has 0 radical (unpaired) electrons. The highest BCUT2D eigenvalue weighted by Crippen LogP contribution is 2.27. The molecule has 2 rings (SSSR count). The molecule has 2 amide bonds. The van der Waals surface area contributed by atoms with E-state index in [1.54, 1.807) is 24.3 Å². The zero-order chi connectivity index (χ0) is 16.8. The topological polar surface area (TPSA) is 72.2 Å². The smallest absolute Gasteiger partial charge is 0.250 e. The summed E-state index contributed by atoms with van der Waals surface area (Å²) < 4.78 is 0. The van der Waals surface area contributed by atoms with Gasteiger partial charge in [0.2, 0.25) is 5.91 Å². The van der Waals surface area contributed by atoms with Crippen molar-refractivity contribution in [1.29, 1.82) is 0 Å². The van der Waals surface area contributed by atoms with E-state index in [-0.39, 0.29) is 11.2 Å². The molecule has 1 atom stereocenters. The molecule has 0 saturated heterocycles. The molecule has 2 aromatic rings. The normalized spacial score (nSPS) is 11.7. The Kier molecular flexibility index (Phi) is 5.82. The van der Waals surface area contributed by atoms with Crippen molar-refractivity contribution in [2.75, 3.05) is 5.32 Å². The van der Waals surface area contributed by atoms with Crippen LogP contribution in [0.2, 0.25) is 0 Å². The quantitative estimate of drug-likeness (QED) is 0.796. The van der Waals surface area contributed by atoms with Crippen LogP contribution in [0.3, 0.4) is 0 Å². The molecule has 120 valence electrons. The van der Waals surface area contributed by atoms with Crippen LogP contribution in [0.1, 0.15) is 29.3 Å². The van der Waals surface area contributed by atoms with E-state index in [0.29, 0.717) is 17.7 Å². The summed E-state index contributed by atoms with van der Waals surface area (Å²) in [7, 11) is 0. The lowest BCUT2D eigenvalue weighted by Crippen LogP contribution is -2.26. The highest BCUT2D eigenvalue weighted by atomic mass is 32.2. The summed E-state index contributed by atoms with van der Waals surface area (Å²) >= 11 is 1.51. The zero-order valence-electron chi connectivity index (χ0n) is 13.2. The molecule has 0 spiro atoms. The average Bonchev–Trinajstić information content (AvgIpc) is 2.54. The number of benzene rings is 2. The van der Waals surface area contributed by atoms with Gasteiger partial charge in [0.25, 0.3) is 5.91 Å². The predicted octanol–water partition coefficient (Wildman–Crippen LogP) is 3.60. The van der Waals surface area contributed by atoms with E-state index >= 15 is 0 Å². The summed E-state index contributed by atoms with van der Waals surface area (Å²) in [5.41, 5.74) is 7.29. The Morgan fingerprint density at radius 1 is 1.13 bits per heavy atom. The number of amides is 2. The number of primary amides is 1. The molecule has 0 aliphatic carbocycles. The van der Waals surface area contributed by atoms with Crippen molar-refractivity contribution in [1.82, 2.24) is 0 Å². The first-order valence-corrected chi connectivity index (χ1v) is 8.32. The molecular formula is C18H20N2O2S. The molecule has 1 unspecified atom stereocenters. The highest BCUT2D eigenvalue weighted by Gasteiger charge is 2.19. The van der Waals surface area contributed by atoms with Gasteiger partial charge in [-0.05, 0) is 37.6 Å². The summed E-state index contributed by atoms with van der Waals surface area (Å²) in [6.07, 6.45) is 0.684. The van der Waals surface area contributed by atoms with Gasteiger partial charge < -0.3 is 11.1 Å². The van der Waals surface area contributed by atoms with Crippen LogP contribution in [0.25, 0.3) is 0 Å². The maximum absolute atomic E-state index is 12.5. The Labute approximate surface area is 140 Å². The number of carbonyl (C=O) groups excluding carboxylic acids is 2. The van der Waals surface area contributed by atoms with E-state index in [4.69, 9.17) is 5.73 Å². The fourth-order valence-corrected chi connectivity index (χ4v) is 3.08. The molecule has 4 nitrogen and oxygen atoms in total. The number of rotatable bonds is 6. The minimum atomic E-state index is -0.555. The van der Waals surface area contributed by atoms with E-state index in [0.717, 1.165) is 4.90 Å². The number of nitrogens with two attached hydrogens (primary N) is 1. The largest absolute Gasteiger partial charge is 0.366 e. The number of nitrogens with one attached hydrogen (secondary N) is 1. The molecule has 0 aliphatic rings. The lowest BCUT2D eigenvalue weighted by molar-refractivity contribution is -0.115. The van der Waals surface area contributed by atoms with Crippen LogP contribution in [-0.4, -0.2) is 17.1 Å². The monoisotopic (exact) mass is 328 g/mol. The van der Waals surface area contributed by atoms with E-state index in [1.165, 1.54) is 17.3 Å². The Morgan fingerprint density at radius 3 is 2.39 bits per heavy atom. The van der Waals surface area contributed by atoms with Crippen LogP contribution in [0.15, 0.2) is 53.4 Å². The second-order valence-electron chi connectivity index (χ2n) is 5.23. The van der Waals surface area contributed by atoms with E-state index in [9.17, 15) is 9.59 Å². The molecule has 5 heteroatoms. The number of aryl methyl sites for hydroxylation is 1. The average molecular weight is 328 g/mol. The fourth-order valence-electron chi connectivity index (χ4n) is 2.12. The Hall–Kier alpha value is -2.27. The van der Waals surface area contributed by atoms with Crippen molar-refractivity contribution in [3.63, 3.8) is 0 Å². The van der Waals surface area contributed by atoms with Crippen molar-refractivity contribution in [2.24, 2.45) is 5.73 Å². The molecular weight excluding hydrogens is 308 g/mol. The van der Waals surface area contributed by atoms with Gasteiger partial charge in [-0.2, -0.15) is 0 Å². The maximum atomic E-state index is 12.5. The second kappa shape index (κ2) is 7.83. The molecule has 0 heterocycles. The molecule has 23 heavy (non-hydrogen) atoms. The van der Waals surface area contributed by atoms with Crippen molar-refractivity contribution in [2.45, 2.75) is 30.4 Å². The second-order valence-corrected chi connectivity index (χ2v) is 6.50. The van der Waals surface area contributed by atoms with Crippen LogP contribution < -0.4 is 11.1 Å². The van der Waals surface area contributed by atoms with Crippen molar-refractivity contribution < 1.29 is 9.59 Å². The summed E-state index contributed by atoms with van der Waals surface area (Å²) in [6.45, 7) is 3.99. The first kappa shape index (κ1) is 17.1. The van der Waals surface area contributed by atoms with Crippen LogP contribution in [0.5, 0.6) is 0 Å². The molecule has 3 N–H and O–H groups in total. The Morgan fingerprint density at radius 2 is 1.78 bits per heavy atom. The third-order valence-corrected chi connectivity index (χ3v) is 4.79. The Balaban J connectivity index is 2.11. The van der Waals surface area contributed by atoms with Gasteiger partial charge in [-0.15, -0.1) is 11.8 Å². The number of thioether (sulfide) groups is 1. The molecule has 0 saturated carbocycles. The van der Waals surface area contributed by atoms with E-state index in [2.05, 4.69) is 5.32 Å². The maximum Gasteiger partial charge on any atom is 0.250 e. The van der Waals surface area contributed by atoms with Gasteiger partial charge in [0.05, 0.1) is 16.5 Å². The number of hydrogen-bond donors (Lipinski definition) is 2. The minimum Gasteiger partial charge on any atom is -0.366 e. The van der Waals surface area contributed by atoms with Gasteiger partial charge in [0.1, 0.15) is 0 Å². The van der Waals surface area contributed by atoms with Gasteiger partial charge >= 0.3 is 0 Å². The van der Waals surface area contributed by atoms with E-state index < -0.39 is 5.91 Å². The van der Waals surface area contributed by atoms with Crippen LogP contribution in [0.4, 0.5) is 5.69 Å². The van der Waals surface area contributed by atoms with Gasteiger partial charge in [-0.3, -0.25) is 9.59 Å². The van der Waals surface area contributed by atoms with Crippen LogP contribution in [0, 0.1) is 6.92 Å². The fraction of sp³-hybridized carbons (Fsp3) is 0.222. The molecule has 0 aliphatic heterocycles. The lowest BCUT2D eigenvalue weighted by Gasteiger charge is -2.16. The first-order valence-electron chi connectivity index (χ1n) is 7.44. The highest BCUT2D eigenvalue weighted by molar-refractivity contribution is 8.00. The first-order chi connectivity index (χ1) is 11.0. The number of carbonyl (C=O) groups is 2. The van der Waals surface area contributed by atoms with Gasteiger partial charge in [-0.25, -0.2) is 0 Å². The summed E-state index contributed by atoms with van der Waals surface area (Å²) in [5.74, 6) is -0.688. The summed E-state index contributed by atoms with van der Waals surface area (Å²) in [4.78, 5) is 25.0. The summed E-state index contributed by atoms with van der Waals surface area (Å²) in [5, 5.41) is 2.58. The number of para-hydroxylation sites is 1. The van der Waals surface area contributed by atoms with E-state index in [1.807, 2.05) is 38.1 Å². The van der Waals surface area contributed by atoms with Crippen LogP contribution in [-0.2, 0) is 4.79 Å². The molecule has 0 aromatic heterocycles. The molecule has 0 fully saturated rings. The SMILES string of the molecule is CCC(Sc1ccc(C)cc1)C(=O)Nc1ccccc1C(N)=O. The predicted molar refractivity (Wildman–Crippen MR) is 94.7 cm³/mol. The number of anilines is 1.